The molecule has 1 N–H and O–H groups in total. The molecule has 0 aliphatic rings. The van der Waals surface area contributed by atoms with Crippen molar-refractivity contribution in [3.05, 3.63) is 28.8 Å². The predicted octanol–water partition coefficient (Wildman–Crippen LogP) is 3.90. The van der Waals surface area contributed by atoms with E-state index in [1.54, 1.807) is 0 Å². The van der Waals surface area contributed by atoms with E-state index in [0.717, 1.165) is 6.07 Å². The minimum absolute atomic E-state index is 0.0106. The van der Waals surface area contributed by atoms with Crippen LogP contribution in [0.3, 0.4) is 0 Å². The van der Waals surface area contributed by atoms with Crippen LogP contribution >= 0.6 is 11.6 Å². The van der Waals surface area contributed by atoms with E-state index in [4.69, 9.17) is 16.3 Å². The standard InChI is InChI=1S/C12H14ClF3O2/c1-3-6-18-10-5-4-8(13)7-9(10)11(2,17)12(14,15)16/h4-5,7,17H,3,6H2,1-2H3. The minimum atomic E-state index is -4.80. The van der Waals surface area contributed by atoms with E-state index >= 15 is 0 Å². The number of hydrogen-bond donors (Lipinski definition) is 1. The normalized spacial score (nSPS) is 15.3. The zero-order chi connectivity index (χ0) is 14.0. The average Bonchev–Trinajstić information content (AvgIpc) is 2.25. The van der Waals surface area contributed by atoms with E-state index in [-0.39, 0.29) is 22.9 Å². The van der Waals surface area contributed by atoms with Gasteiger partial charge in [0, 0.05) is 10.6 Å². The molecule has 6 heteroatoms. The molecule has 0 amide bonds. The molecular formula is C12H14ClF3O2. The van der Waals surface area contributed by atoms with Crippen LogP contribution in [0.5, 0.6) is 5.75 Å². The second-order valence-electron chi connectivity index (χ2n) is 4.06. The van der Waals surface area contributed by atoms with Crippen LogP contribution in [0.25, 0.3) is 0 Å². The lowest BCUT2D eigenvalue weighted by atomic mass is 9.94. The summed E-state index contributed by atoms with van der Waals surface area (Å²) < 4.78 is 43.6. The van der Waals surface area contributed by atoms with E-state index in [1.165, 1.54) is 12.1 Å². The highest BCUT2D eigenvalue weighted by atomic mass is 35.5. The van der Waals surface area contributed by atoms with Crippen molar-refractivity contribution < 1.29 is 23.0 Å². The van der Waals surface area contributed by atoms with Gasteiger partial charge in [0.1, 0.15) is 5.75 Å². The van der Waals surface area contributed by atoms with Crippen LogP contribution in [0, 0.1) is 0 Å². The highest BCUT2D eigenvalue weighted by Crippen LogP contribution is 2.43. The summed E-state index contributed by atoms with van der Waals surface area (Å²) in [5.41, 5.74) is -3.38. The van der Waals surface area contributed by atoms with Crippen molar-refractivity contribution in [3.63, 3.8) is 0 Å². The smallest absolute Gasteiger partial charge is 0.421 e. The Morgan fingerprint density at radius 1 is 1.33 bits per heavy atom. The summed E-state index contributed by atoms with van der Waals surface area (Å²) in [6.45, 7) is 2.78. The first-order valence-corrected chi connectivity index (χ1v) is 5.80. The summed E-state index contributed by atoms with van der Waals surface area (Å²) in [6.07, 6.45) is -4.15. The summed E-state index contributed by atoms with van der Waals surface area (Å²) in [7, 11) is 0. The summed E-state index contributed by atoms with van der Waals surface area (Å²) >= 11 is 5.67. The van der Waals surface area contributed by atoms with Gasteiger partial charge in [-0.05, 0) is 31.5 Å². The Bertz CT molecular complexity index is 416. The number of rotatable bonds is 4. The fourth-order valence-corrected chi connectivity index (χ4v) is 1.55. The molecule has 18 heavy (non-hydrogen) atoms. The number of aliphatic hydroxyl groups is 1. The summed E-state index contributed by atoms with van der Waals surface area (Å²) in [4.78, 5) is 0. The van der Waals surface area contributed by atoms with Crippen LogP contribution in [-0.4, -0.2) is 17.9 Å². The molecule has 0 heterocycles. The SMILES string of the molecule is CCCOc1ccc(Cl)cc1C(C)(O)C(F)(F)F. The third-order valence-corrected chi connectivity index (χ3v) is 2.71. The molecule has 1 unspecified atom stereocenters. The molecule has 0 saturated heterocycles. The highest BCUT2D eigenvalue weighted by molar-refractivity contribution is 6.30. The molecule has 0 spiro atoms. The lowest BCUT2D eigenvalue weighted by Gasteiger charge is -2.28. The predicted molar refractivity (Wildman–Crippen MR) is 62.9 cm³/mol. The van der Waals surface area contributed by atoms with Crippen LogP contribution in [0.15, 0.2) is 18.2 Å². The van der Waals surface area contributed by atoms with Gasteiger partial charge in [0.05, 0.1) is 6.61 Å². The maximum Gasteiger partial charge on any atom is 0.421 e. The maximum atomic E-state index is 12.8. The molecule has 0 bridgehead atoms. The number of ether oxygens (including phenoxy) is 1. The van der Waals surface area contributed by atoms with Gasteiger partial charge in [-0.1, -0.05) is 18.5 Å². The van der Waals surface area contributed by atoms with Gasteiger partial charge in [0.15, 0.2) is 5.60 Å². The molecule has 1 rings (SSSR count). The fraction of sp³-hybridized carbons (Fsp3) is 0.500. The third kappa shape index (κ3) is 3.09. The van der Waals surface area contributed by atoms with Crippen molar-refractivity contribution >= 4 is 11.6 Å². The minimum Gasteiger partial charge on any atom is -0.493 e. The summed E-state index contributed by atoms with van der Waals surface area (Å²) in [5, 5.41) is 9.77. The Labute approximate surface area is 108 Å². The van der Waals surface area contributed by atoms with E-state index in [1.807, 2.05) is 6.92 Å². The van der Waals surface area contributed by atoms with Crippen molar-refractivity contribution in [2.24, 2.45) is 0 Å². The zero-order valence-corrected chi connectivity index (χ0v) is 10.8. The van der Waals surface area contributed by atoms with Gasteiger partial charge >= 0.3 is 6.18 Å². The van der Waals surface area contributed by atoms with E-state index in [9.17, 15) is 18.3 Å². The molecule has 1 aromatic rings. The fourth-order valence-electron chi connectivity index (χ4n) is 1.37. The first-order chi connectivity index (χ1) is 8.20. The molecule has 102 valence electrons. The molecule has 1 atom stereocenters. The zero-order valence-electron chi connectivity index (χ0n) is 10.0. The van der Waals surface area contributed by atoms with Gasteiger partial charge in [-0.3, -0.25) is 0 Å². The van der Waals surface area contributed by atoms with Crippen LogP contribution in [-0.2, 0) is 5.60 Å². The van der Waals surface area contributed by atoms with E-state index < -0.39 is 11.8 Å². The van der Waals surface area contributed by atoms with Crippen molar-refractivity contribution in [1.82, 2.24) is 0 Å². The first kappa shape index (κ1) is 15.1. The number of halogens is 4. The van der Waals surface area contributed by atoms with Gasteiger partial charge in [0.25, 0.3) is 0 Å². The average molecular weight is 283 g/mol. The number of benzene rings is 1. The van der Waals surface area contributed by atoms with Crippen LogP contribution < -0.4 is 4.74 Å². The van der Waals surface area contributed by atoms with E-state index in [2.05, 4.69) is 0 Å². The third-order valence-electron chi connectivity index (χ3n) is 2.48. The summed E-state index contributed by atoms with van der Waals surface area (Å²) in [6, 6.07) is 3.82. The second-order valence-corrected chi connectivity index (χ2v) is 4.50. The Hall–Kier alpha value is -0.940. The molecule has 0 aromatic heterocycles. The lowest BCUT2D eigenvalue weighted by Crippen LogP contribution is -2.39. The Balaban J connectivity index is 3.24. The van der Waals surface area contributed by atoms with Crippen LogP contribution in [0.2, 0.25) is 5.02 Å². The van der Waals surface area contributed by atoms with Crippen molar-refractivity contribution in [2.75, 3.05) is 6.61 Å². The van der Waals surface area contributed by atoms with Gasteiger partial charge in [-0.15, -0.1) is 0 Å². The first-order valence-electron chi connectivity index (χ1n) is 5.42. The van der Waals surface area contributed by atoms with Crippen molar-refractivity contribution in [3.8, 4) is 5.75 Å². The van der Waals surface area contributed by atoms with E-state index in [0.29, 0.717) is 13.3 Å². The van der Waals surface area contributed by atoms with Crippen molar-refractivity contribution in [2.45, 2.75) is 32.0 Å². The van der Waals surface area contributed by atoms with Crippen LogP contribution in [0.4, 0.5) is 13.2 Å². The van der Waals surface area contributed by atoms with Crippen molar-refractivity contribution in [1.29, 1.82) is 0 Å². The van der Waals surface area contributed by atoms with Gasteiger partial charge in [0.2, 0.25) is 0 Å². The lowest BCUT2D eigenvalue weighted by molar-refractivity contribution is -0.259. The topological polar surface area (TPSA) is 29.5 Å². The quantitative estimate of drug-likeness (QED) is 0.907. The Morgan fingerprint density at radius 2 is 1.94 bits per heavy atom. The molecule has 1 aromatic carbocycles. The Kier molecular flexibility index (Phi) is 4.50. The summed E-state index contributed by atoms with van der Waals surface area (Å²) in [5.74, 6) is -0.0106. The monoisotopic (exact) mass is 282 g/mol. The molecule has 0 saturated carbocycles. The Morgan fingerprint density at radius 3 is 2.44 bits per heavy atom. The number of hydrogen-bond acceptors (Lipinski definition) is 2. The molecule has 0 aliphatic carbocycles. The molecule has 0 fully saturated rings. The highest BCUT2D eigenvalue weighted by Gasteiger charge is 2.52. The second kappa shape index (κ2) is 5.36. The number of alkyl halides is 3. The largest absolute Gasteiger partial charge is 0.493 e. The molecule has 0 radical (unpaired) electrons. The van der Waals surface area contributed by atoms with Gasteiger partial charge in [-0.25, -0.2) is 0 Å². The van der Waals surface area contributed by atoms with Gasteiger partial charge in [-0.2, -0.15) is 13.2 Å². The maximum absolute atomic E-state index is 12.8. The molecule has 0 aliphatic heterocycles. The van der Waals surface area contributed by atoms with Crippen LogP contribution in [0.1, 0.15) is 25.8 Å². The van der Waals surface area contributed by atoms with Gasteiger partial charge < -0.3 is 9.84 Å². The molecular weight excluding hydrogens is 269 g/mol. The molecule has 2 nitrogen and oxygen atoms in total.